The third-order valence-corrected chi connectivity index (χ3v) is 5.41. The molecule has 0 atom stereocenters. The lowest BCUT2D eigenvalue weighted by Gasteiger charge is -2.17. The van der Waals surface area contributed by atoms with E-state index < -0.39 is 16.1 Å². The number of hydrogen-bond acceptors (Lipinski definition) is 4. The second-order valence-electron chi connectivity index (χ2n) is 5.98. The molecule has 0 spiro atoms. The number of sulfonamides is 1. The number of nitrogens with zero attached hydrogens (tertiary/aromatic N) is 1. The Hall–Kier alpha value is -2.54. The fourth-order valence-corrected chi connectivity index (χ4v) is 3.69. The van der Waals surface area contributed by atoms with Crippen LogP contribution in [0.4, 0.5) is 10.5 Å². The van der Waals surface area contributed by atoms with Crippen molar-refractivity contribution >= 4 is 21.8 Å². The predicted octanol–water partition coefficient (Wildman–Crippen LogP) is 3.39. The first-order valence-corrected chi connectivity index (χ1v) is 9.59. The summed E-state index contributed by atoms with van der Waals surface area (Å²) in [6.07, 6.45) is 1.45. The minimum atomic E-state index is -3.76. The van der Waals surface area contributed by atoms with Crippen LogP contribution in [-0.2, 0) is 10.0 Å². The second kappa shape index (κ2) is 7.14. The Bertz CT molecular complexity index is 857. The minimum absolute atomic E-state index is 0.152. The summed E-state index contributed by atoms with van der Waals surface area (Å²) in [4.78, 5) is 13.9. The molecule has 0 unspecified atom stereocenters. The Morgan fingerprint density at radius 2 is 1.68 bits per heavy atom. The Kier molecular flexibility index (Phi) is 4.94. The molecular weight excluding hydrogens is 340 g/mol. The third kappa shape index (κ3) is 4.11. The molecule has 1 amide bonds. The van der Waals surface area contributed by atoms with Crippen LogP contribution in [-0.4, -0.2) is 32.5 Å². The summed E-state index contributed by atoms with van der Waals surface area (Å²) in [6.45, 7) is 3.21. The molecule has 2 aromatic rings. The van der Waals surface area contributed by atoms with Crippen LogP contribution in [0, 0.1) is 6.92 Å². The van der Waals surface area contributed by atoms with Gasteiger partial charge in [-0.15, -0.1) is 0 Å². The molecule has 1 N–H and O–H groups in total. The van der Waals surface area contributed by atoms with E-state index in [0.29, 0.717) is 13.1 Å². The van der Waals surface area contributed by atoms with Crippen LogP contribution in [0.2, 0.25) is 0 Å². The molecule has 2 aromatic carbocycles. The van der Waals surface area contributed by atoms with Crippen LogP contribution in [0.1, 0.15) is 18.4 Å². The lowest BCUT2D eigenvalue weighted by atomic mass is 10.2. The van der Waals surface area contributed by atoms with Crippen molar-refractivity contribution in [3.8, 4) is 5.75 Å². The second-order valence-corrected chi connectivity index (χ2v) is 7.66. The summed E-state index contributed by atoms with van der Waals surface area (Å²) in [5.74, 6) is 0.190. The molecule has 7 heteroatoms. The van der Waals surface area contributed by atoms with Gasteiger partial charge in [-0.3, -0.25) is 4.72 Å². The smallest absolute Gasteiger partial charge is 0.408 e. The minimum Gasteiger partial charge on any atom is -0.408 e. The number of hydrogen-bond donors (Lipinski definition) is 1. The zero-order valence-corrected chi connectivity index (χ0v) is 14.8. The molecule has 0 saturated carbocycles. The number of rotatable bonds is 4. The number of carbonyl (C=O) groups excluding carboxylic acids is 1. The van der Waals surface area contributed by atoms with Gasteiger partial charge in [0.05, 0.1) is 10.6 Å². The van der Waals surface area contributed by atoms with Crippen molar-refractivity contribution in [2.24, 2.45) is 0 Å². The molecule has 1 heterocycles. The van der Waals surface area contributed by atoms with Crippen LogP contribution < -0.4 is 9.46 Å². The SMILES string of the molecule is Cc1ccc(S(=O)(=O)Nc2ccccc2OC(=O)N2CCCC2)cc1. The predicted molar refractivity (Wildman–Crippen MR) is 95.3 cm³/mol. The van der Waals surface area contributed by atoms with E-state index in [0.717, 1.165) is 18.4 Å². The average molecular weight is 360 g/mol. The first-order chi connectivity index (χ1) is 12.0. The summed E-state index contributed by atoms with van der Waals surface area (Å²) in [7, 11) is -3.76. The molecule has 1 aliphatic heterocycles. The highest BCUT2D eigenvalue weighted by Crippen LogP contribution is 2.27. The van der Waals surface area contributed by atoms with Gasteiger partial charge in [-0.1, -0.05) is 29.8 Å². The first-order valence-electron chi connectivity index (χ1n) is 8.11. The van der Waals surface area contributed by atoms with E-state index in [4.69, 9.17) is 4.74 Å². The molecule has 1 fully saturated rings. The topological polar surface area (TPSA) is 75.7 Å². The van der Waals surface area contributed by atoms with E-state index >= 15 is 0 Å². The number of carbonyl (C=O) groups is 1. The van der Waals surface area contributed by atoms with E-state index in [-0.39, 0.29) is 16.3 Å². The maximum Gasteiger partial charge on any atom is 0.415 e. The van der Waals surface area contributed by atoms with E-state index in [2.05, 4.69) is 4.72 Å². The summed E-state index contributed by atoms with van der Waals surface area (Å²) >= 11 is 0. The lowest BCUT2D eigenvalue weighted by Crippen LogP contribution is -2.30. The van der Waals surface area contributed by atoms with Crippen LogP contribution in [0.25, 0.3) is 0 Å². The van der Waals surface area contributed by atoms with Crippen molar-refractivity contribution in [3.05, 3.63) is 54.1 Å². The molecule has 0 bridgehead atoms. The van der Waals surface area contributed by atoms with E-state index in [1.165, 1.54) is 12.1 Å². The quantitative estimate of drug-likeness (QED) is 0.907. The number of benzene rings is 2. The number of amides is 1. The van der Waals surface area contributed by atoms with E-state index in [9.17, 15) is 13.2 Å². The summed E-state index contributed by atoms with van der Waals surface area (Å²) in [5.41, 5.74) is 1.20. The molecule has 0 aliphatic carbocycles. The zero-order chi connectivity index (χ0) is 17.9. The molecule has 0 radical (unpaired) electrons. The number of likely N-dealkylation sites (tertiary alicyclic amines) is 1. The van der Waals surface area contributed by atoms with Gasteiger partial charge < -0.3 is 9.64 Å². The summed E-state index contributed by atoms with van der Waals surface area (Å²) in [6, 6.07) is 13.0. The normalized spacial score (nSPS) is 14.4. The molecule has 3 rings (SSSR count). The van der Waals surface area contributed by atoms with E-state index in [1.54, 1.807) is 41.3 Å². The van der Waals surface area contributed by atoms with Crippen LogP contribution in [0.3, 0.4) is 0 Å². The Labute approximate surface area is 147 Å². The van der Waals surface area contributed by atoms with Crippen molar-refractivity contribution in [1.82, 2.24) is 4.90 Å². The standard InChI is InChI=1S/C18H20N2O4S/c1-14-8-10-15(11-9-14)25(22,23)19-16-6-2-3-7-17(16)24-18(21)20-12-4-5-13-20/h2-3,6-11,19H,4-5,12-13H2,1H3. The van der Waals surface area contributed by atoms with Crippen LogP contribution in [0.5, 0.6) is 5.75 Å². The molecule has 1 saturated heterocycles. The Morgan fingerprint density at radius 3 is 2.36 bits per heavy atom. The number of nitrogens with one attached hydrogen (secondary N) is 1. The van der Waals surface area contributed by atoms with Gasteiger partial charge >= 0.3 is 6.09 Å². The third-order valence-electron chi connectivity index (χ3n) is 4.02. The van der Waals surface area contributed by atoms with Gasteiger partial charge in [-0.25, -0.2) is 13.2 Å². The maximum atomic E-state index is 12.5. The fourth-order valence-electron chi connectivity index (χ4n) is 2.62. The molecule has 0 aromatic heterocycles. The highest BCUT2D eigenvalue weighted by Gasteiger charge is 2.22. The van der Waals surface area contributed by atoms with Gasteiger partial charge in [-0.2, -0.15) is 0 Å². The van der Waals surface area contributed by atoms with Crippen LogP contribution in [0.15, 0.2) is 53.4 Å². The fraction of sp³-hybridized carbons (Fsp3) is 0.278. The van der Waals surface area contributed by atoms with Crippen molar-refractivity contribution in [2.75, 3.05) is 17.8 Å². The van der Waals surface area contributed by atoms with Crippen LogP contribution >= 0.6 is 0 Å². The number of anilines is 1. The molecule has 6 nitrogen and oxygen atoms in total. The first kappa shape index (κ1) is 17.3. The van der Waals surface area contributed by atoms with Crippen molar-refractivity contribution in [3.63, 3.8) is 0 Å². The van der Waals surface area contributed by atoms with Gasteiger partial charge in [0.2, 0.25) is 0 Å². The summed E-state index contributed by atoms with van der Waals surface area (Å²) < 4.78 is 33.0. The monoisotopic (exact) mass is 360 g/mol. The zero-order valence-electron chi connectivity index (χ0n) is 13.9. The maximum absolute atomic E-state index is 12.5. The van der Waals surface area contributed by atoms with Crippen molar-refractivity contribution < 1.29 is 17.9 Å². The van der Waals surface area contributed by atoms with Gasteiger partial charge in [-0.05, 0) is 44.0 Å². The molecule has 1 aliphatic rings. The molecule has 132 valence electrons. The Morgan fingerprint density at radius 1 is 1.04 bits per heavy atom. The molecular formula is C18H20N2O4S. The van der Waals surface area contributed by atoms with Crippen molar-refractivity contribution in [1.29, 1.82) is 0 Å². The molecule has 25 heavy (non-hydrogen) atoms. The van der Waals surface area contributed by atoms with Crippen molar-refractivity contribution in [2.45, 2.75) is 24.7 Å². The van der Waals surface area contributed by atoms with Gasteiger partial charge in [0, 0.05) is 13.1 Å². The van der Waals surface area contributed by atoms with E-state index in [1.807, 2.05) is 6.92 Å². The van der Waals surface area contributed by atoms with Gasteiger partial charge in [0.1, 0.15) is 0 Å². The summed E-state index contributed by atoms with van der Waals surface area (Å²) in [5, 5.41) is 0. The largest absolute Gasteiger partial charge is 0.415 e. The lowest BCUT2D eigenvalue weighted by molar-refractivity contribution is 0.163. The van der Waals surface area contributed by atoms with Gasteiger partial charge in [0.15, 0.2) is 5.75 Å². The highest BCUT2D eigenvalue weighted by atomic mass is 32.2. The number of aryl methyl sites for hydroxylation is 1. The number of para-hydroxylation sites is 2. The van der Waals surface area contributed by atoms with Gasteiger partial charge in [0.25, 0.3) is 10.0 Å². The highest BCUT2D eigenvalue weighted by molar-refractivity contribution is 7.92. The number of ether oxygens (including phenoxy) is 1. The Balaban J connectivity index is 1.80. The average Bonchev–Trinajstić information content (AvgIpc) is 3.11.